The Hall–Kier alpha value is -3.71. The fourth-order valence-electron chi connectivity index (χ4n) is 3.40. The largest absolute Gasteiger partial charge is 0.497 e. The van der Waals surface area contributed by atoms with E-state index in [4.69, 9.17) is 14.5 Å². The summed E-state index contributed by atoms with van der Waals surface area (Å²) in [5, 5.41) is 3.68. The van der Waals surface area contributed by atoms with Crippen molar-refractivity contribution in [1.82, 2.24) is 9.97 Å². The van der Waals surface area contributed by atoms with Gasteiger partial charge in [0.1, 0.15) is 11.5 Å². The molecule has 0 radical (unpaired) electrons. The first kappa shape index (κ1) is 22.5. The summed E-state index contributed by atoms with van der Waals surface area (Å²) in [5.41, 5.74) is 4.56. The average molecular weight is 460 g/mol. The molecule has 2 N–H and O–H groups in total. The molecule has 0 fully saturated rings. The molecule has 0 aliphatic heterocycles. The number of hydrogen-bond acceptors (Lipinski definition) is 5. The maximum absolute atomic E-state index is 12.5. The Balaban J connectivity index is 1.45. The van der Waals surface area contributed by atoms with Crippen LogP contribution >= 0.6 is 11.8 Å². The lowest BCUT2D eigenvalue weighted by Gasteiger charge is -2.11. The van der Waals surface area contributed by atoms with Crippen LogP contribution in [0.3, 0.4) is 0 Å². The van der Waals surface area contributed by atoms with E-state index < -0.39 is 0 Å². The predicted molar refractivity (Wildman–Crippen MR) is 133 cm³/mol. The van der Waals surface area contributed by atoms with Crippen molar-refractivity contribution in [2.45, 2.75) is 11.6 Å². The van der Waals surface area contributed by atoms with Crippen molar-refractivity contribution in [1.29, 1.82) is 0 Å². The van der Waals surface area contributed by atoms with Crippen LogP contribution in [-0.4, -0.2) is 35.8 Å². The molecule has 33 heavy (non-hydrogen) atoms. The average Bonchev–Trinajstić information content (AvgIpc) is 3.29. The second-order valence-electron chi connectivity index (χ2n) is 7.21. The van der Waals surface area contributed by atoms with Gasteiger partial charge in [-0.3, -0.25) is 4.79 Å². The molecule has 0 saturated carbocycles. The number of thioether (sulfide) groups is 1. The van der Waals surface area contributed by atoms with Gasteiger partial charge in [-0.2, -0.15) is 0 Å². The van der Waals surface area contributed by atoms with Gasteiger partial charge in [0.25, 0.3) is 0 Å². The minimum atomic E-state index is -0.104. The van der Waals surface area contributed by atoms with Crippen molar-refractivity contribution in [3.63, 3.8) is 0 Å². The van der Waals surface area contributed by atoms with Crippen molar-refractivity contribution in [3.8, 4) is 34.0 Å². The van der Waals surface area contributed by atoms with Crippen LogP contribution in [0.1, 0.15) is 6.42 Å². The standard InChI is InChI=1S/C26H25N3O3S/c1-31-20-13-14-22(32-2)21(17-20)27-23(30)15-16-33-26-28-24(18-9-5-3-6-10-18)25(29-26)19-11-7-4-8-12-19/h3-14,17H,15-16H2,1-2H3,(H,27,30)(H,28,29). The van der Waals surface area contributed by atoms with Gasteiger partial charge in [0.15, 0.2) is 5.16 Å². The molecule has 0 saturated heterocycles. The Bertz CT molecular complexity index is 1150. The number of amides is 1. The van der Waals surface area contributed by atoms with E-state index in [0.717, 1.165) is 27.7 Å². The Morgan fingerprint density at radius 2 is 1.64 bits per heavy atom. The van der Waals surface area contributed by atoms with Crippen LogP contribution in [0.5, 0.6) is 11.5 Å². The predicted octanol–water partition coefficient (Wildman–Crippen LogP) is 5.88. The molecule has 1 aromatic heterocycles. The molecule has 0 atom stereocenters. The monoisotopic (exact) mass is 459 g/mol. The molecule has 1 heterocycles. The number of nitrogens with one attached hydrogen (secondary N) is 2. The van der Waals surface area contributed by atoms with Crippen molar-refractivity contribution in [2.75, 3.05) is 25.3 Å². The molecule has 168 valence electrons. The normalized spacial score (nSPS) is 10.6. The molecule has 7 heteroatoms. The fourth-order valence-corrected chi connectivity index (χ4v) is 4.21. The highest BCUT2D eigenvalue weighted by molar-refractivity contribution is 7.99. The van der Waals surface area contributed by atoms with Gasteiger partial charge in [-0.25, -0.2) is 4.98 Å². The minimum Gasteiger partial charge on any atom is -0.497 e. The highest BCUT2D eigenvalue weighted by Crippen LogP contribution is 2.33. The van der Waals surface area contributed by atoms with Crippen molar-refractivity contribution >= 4 is 23.4 Å². The van der Waals surface area contributed by atoms with Gasteiger partial charge in [0, 0.05) is 29.4 Å². The molecule has 1 amide bonds. The fraction of sp³-hybridized carbons (Fsp3) is 0.154. The second kappa shape index (κ2) is 10.7. The summed E-state index contributed by atoms with van der Waals surface area (Å²) in [6, 6.07) is 25.5. The number of carbonyl (C=O) groups excluding carboxylic acids is 1. The molecule has 3 aromatic carbocycles. The van der Waals surface area contributed by atoms with Crippen LogP contribution in [-0.2, 0) is 4.79 Å². The van der Waals surface area contributed by atoms with Crippen LogP contribution < -0.4 is 14.8 Å². The number of anilines is 1. The van der Waals surface area contributed by atoms with E-state index in [1.165, 1.54) is 11.8 Å². The van der Waals surface area contributed by atoms with Gasteiger partial charge < -0.3 is 19.8 Å². The summed E-state index contributed by atoms with van der Waals surface area (Å²) in [7, 11) is 3.15. The Morgan fingerprint density at radius 1 is 0.939 bits per heavy atom. The van der Waals surface area contributed by atoms with Gasteiger partial charge in [-0.15, -0.1) is 0 Å². The van der Waals surface area contributed by atoms with Crippen LogP contribution in [0.4, 0.5) is 5.69 Å². The lowest BCUT2D eigenvalue weighted by atomic mass is 10.1. The molecule has 4 aromatic rings. The topological polar surface area (TPSA) is 76.2 Å². The van der Waals surface area contributed by atoms with Crippen LogP contribution in [0.2, 0.25) is 0 Å². The summed E-state index contributed by atoms with van der Waals surface area (Å²) in [4.78, 5) is 20.8. The quantitative estimate of drug-likeness (QED) is 0.306. The number of hydrogen-bond donors (Lipinski definition) is 2. The van der Waals surface area contributed by atoms with Gasteiger partial charge in [0.05, 0.1) is 31.3 Å². The maximum Gasteiger partial charge on any atom is 0.225 e. The number of ether oxygens (including phenoxy) is 2. The number of nitrogens with zero attached hydrogens (tertiary/aromatic N) is 1. The van der Waals surface area contributed by atoms with Crippen LogP contribution in [0.25, 0.3) is 22.5 Å². The van der Waals surface area contributed by atoms with Gasteiger partial charge >= 0.3 is 0 Å². The molecule has 0 spiro atoms. The first-order valence-corrected chi connectivity index (χ1v) is 11.5. The molecule has 0 unspecified atom stereocenters. The number of imidazole rings is 1. The van der Waals surface area contributed by atoms with E-state index in [0.29, 0.717) is 29.4 Å². The van der Waals surface area contributed by atoms with E-state index in [2.05, 4.69) is 22.4 Å². The van der Waals surface area contributed by atoms with E-state index in [-0.39, 0.29) is 5.91 Å². The number of aromatic amines is 1. The van der Waals surface area contributed by atoms with E-state index in [1.807, 2.05) is 48.5 Å². The highest BCUT2D eigenvalue weighted by atomic mass is 32.2. The zero-order valence-electron chi connectivity index (χ0n) is 18.5. The molecule has 0 aliphatic rings. The molecule has 6 nitrogen and oxygen atoms in total. The van der Waals surface area contributed by atoms with Crippen molar-refractivity contribution < 1.29 is 14.3 Å². The van der Waals surface area contributed by atoms with Gasteiger partial charge in [-0.05, 0) is 12.1 Å². The third-order valence-electron chi connectivity index (χ3n) is 5.04. The molecular formula is C26H25N3O3S. The van der Waals surface area contributed by atoms with Crippen LogP contribution in [0, 0.1) is 0 Å². The number of benzene rings is 3. The van der Waals surface area contributed by atoms with Crippen molar-refractivity contribution in [3.05, 3.63) is 78.9 Å². The summed E-state index contributed by atoms with van der Waals surface area (Å²) in [6.07, 6.45) is 0.326. The number of H-pyrrole nitrogens is 1. The second-order valence-corrected chi connectivity index (χ2v) is 8.29. The summed E-state index contributed by atoms with van der Waals surface area (Å²) >= 11 is 1.52. The number of carbonyl (C=O) groups is 1. The zero-order chi connectivity index (χ0) is 23.0. The molecule has 4 rings (SSSR count). The minimum absolute atomic E-state index is 0.104. The Labute approximate surface area is 197 Å². The molecule has 0 aliphatic carbocycles. The number of methoxy groups -OCH3 is 2. The van der Waals surface area contributed by atoms with E-state index in [1.54, 1.807) is 32.4 Å². The first-order valence-electron chi connectivity index (χ1n) is 10.5. The third kappa shape index (κ3) is 5.56. The number of aromatic nitrogens is 2. The van der Waals surface area contributed by atoms with Crippen molar-refractivity contribution in [2.24, 2.45) is 0 Å². The Kier molecular flexibility index (Phi) is 7.32. The summed E-state index contributed by atoms with van der Waals surface area (Å²) in [5.74, 6) is 1.71. The summed E-state index contributed by atoms with van der Waals surface area (Å²) in [6.45, 7) is 0. The van der Waals surface area contributed by atoms with E-state index >= 15 is 0 Å². The Morgan fingerprint density at radius 3 is 2.30 bits per heavy atom. The SMILES string of the molecule is COc1ccc(OC)c(NC(=O)CCSc2nc(-c3ccccc3)c(-c3ccccc3)[nH]2)c1. The van der Waals surface area contributed by atoms with Crippen LogP contribution in [0.15, 0.2) is 84.0 Å². The first-order chi connectivity index (χ1) is 16.2. The van der Waals surface area contributed by atoms with Gasteiger partial charge in [-0.1, -0.05) is 72.4 Å². The smallest absolute Gasteiger partial charge is 0.225 e. The zero-order valence-corrected chi connectivity index (χ0v) is 19.3. The number of rotatable bonds is 9. The third-order valence-corrected chi connectivity index (χ3v) is 5.92. The van der Waals surface area contributed by atoms with Gasteiger partial charge in [0.2, 0.25) is 5.91 Å². The lowest BCUT2D eigenvalue weighted by molar-refractivity contribution is -0.115. The lowest BCUT2D eigenvalue weighted by Crippen LogP contribution is -2.13. The molecular weight excluding hydrogens is 434 g/mol. The highest BCUT2D eigenvalue weighted by Gasteiger charge is 2.15. The van der Waals surface area contributed by atoms with E-state index in [9.17, 15) is 4.79 Å². The molecule has 0 bridgehead atoms. The maximum atomic E-state index is 12.5. The summed E-state index contributed by atoms with van der Waals surface area (Å²) < 4.78 is 10.6.